The number of amides is 2. The van der Waals surface area contributed by atoms with Gasteiger partial charge in [0, 0.05) is 17.6 Å². The second kappa shape index (κ2) is 13.0. The Bertz CT molecular complexity index is 1390. The fourth-order valence-corrected chi connectivity index (χ4v) is 5.49. The number of hydrogen-bond donors (Lipinski definition) is 1. The van der Waals surface area contributed by atoms with E-state index in [1.165, 1.54) is 29.2 Å². The number of hydrogen-bond acceptors (Lipinski definition) is 5. The zero-order chi connectivity index (χ0) is 28.7. The molecule has 0 bridgehead atoms. The lowest BCUT2D eigenvalue weighted by atomic mass is 10.1. The lowest BCUT2D eigenvalue weighted by molar-refractivity contribution is -0.139. The van der Waals surface area contributed by atoms with Gasteiger partial charge >= 0.3 is 0 Å². The van der Waals surface area contributed by atoms with Gasteiger partial charge in [-0.3, -0.25) is 13.9 Å². The Morgan fingerprint density at radius 2 is 1.62 bits per heavy atom. The van der Waals surface area contributed by atoms with E-state index in [1.807, 2.05) is 26.8 Å². The summed E-state index contributed by atoms with van der Waals surface area (Å²) in [6.07, 6.45) is 0. The van der Waals surface area contributed by atoms with Gasteiger partial charge in [0.25, 0.3) is 10.0 Å². The first-order chi connectivity index (χ1) is 18.4. The molecule has 1 N–H and O–H groups in total. The number of rotatable bonds is 11. The van der Waals surface area contributed by atoms with Gasteiger partial charge in [0.05, 0.1) is 17.7 Å². The Balaban J connectivity index is 2.02. The number of sulfonamides is 1. The molecule has 208 valence electrons. The number of methoxy groups -OCH3 is 1. The van der Waals surface area contributed by atoms with E-state index in [0.29, 0.717) is 16.5 Å². The van der Waals surface area contributed by atoms with Gasteiger partial charge in [0.1, 0.15) is 18.3 Å². The van der Waals surface area contributed by atoms with Gasteiger partial charge in [0.2, 0.25) is 11.8 Å². The molecule has 1 atom stereocenters. The summed E-state index contributed by atoms with van der Waals surface area (Å²) in [7, 11) is -2.59. The van der Waals surface area contributed by atoms with Crippen LogP contribution in [0.2, 0.25) is 5.02 Å². The first-order valence-electron chi connectivity index (χ1n) is 12.5. The average Bonchev–Trinajstić information content (AvgIpc) is 2.90. The van der Waals surface area contributed by atoms with E-state index in [2.05, 4.69) is 5.32 Å². The van der Waals surface area contributed by atoms with Crippen LogP contribution in [0.4, 0.5) is 5.69 Å². The third kappa shape index (κ3) is 7.74. The molecule has 2 amide bonds. The van der Waals surface area contributed by atoms with Crippen LogP contribution in [-0.4, -0.2) is 50.9 Å². The molecule has 0 unspecified atom stereocenters. The molecule has 0 fully saturated rings. The predicted molar refractivity (Wildman–Crippen MR) is 153 cm³/mol. The molecule has 0 aliphatic carbocycles. The van der Waals surface area contributed by atoms with Crippen LogP contribution in [0.1, 0.15) is 31.9 Å². The molecular weight excluding hydrogens is 538 g/mol. The maximum Gasteiger partial charge on any atom is 0.264 e. The van der Waals surface area contributed by atoms with Gasteiger partial charge in [-0.25, -0.2) is 8.42 Å². The van der Waals surface area contributed by atoms with Crippen molar-refractivity contribution >= 4 is 39.1 Å². The minimum Gasteiger partial charge on any atom is -0.497 e. The van der Waals surface area contributed by atoms with Crippen LogP contribution in [0.5, 0.6) is 5.75 Å². The molecule has 10 heteroatoms. The molecule has 8 nitrogen and oxygen atoms in total. The smallest absolute Gasteiger partial charge is 0.264 e. The normalized spacial score (nSPS) is 12.1. The topological polar surface area (TPSA) is 96.0 Å². The van der Waals surface area contributed by atoms with Gasteiger partial charge in [-0.05, 0) is 87.4 Å². The highest BCUT2D eigenvalue weighted by atomic mass is 35.5. The van der Waals surface area contributed by atoms with Crippen LogP contribution >= 0.6 is 11.6 Å². The quantitative estimate of drug-likeness (QED) is 0.357. The van der Waals surface area contributed by atoms with Crippen molar-refractivity contribution in [2.24, 2.45) is 0 Å². The van der Waals surface area contributed by atoms with Crippen LogP contribution in [-0.2, 0) is 26.2 Å². The molecule has 3 rings (SSSR count). The maximum absolute atomic E-state index is 13.9. The summed E-state index contributed by atoms with van der Waals surface area (Å²) in [5.74, 6) is -0.215. The summed E-state index contributed by atoms with van der Waals surface area (Å²) in [5, 5.41) is 3.23. The minimum absolute atomic E-state index is 0.00601. The molecular formula is C29H34ClN3O5S. The van der Waals surface area contributed by atoms with Gasteiger partial charge in [-0.1, -0.05) is 35.9 Å². The SMILES string of the molecule is COc1ccc(CN(C(=O)CN(c2cccc(C)c2)S(=O)(=O)c2ccc(Cl)cc2)[C@H](C)C(=O)NC(C)C)cc1. The van der Waals surface area contributed by atoms with Crippen molar-refractivity contribution < 1.29 is 22.7 Å². The zero-order valence-electron chi connectivity index (χ0n) is 22.7. The third-order valence-corrected chi connectivity index (χ3v) is 8.12. The average molecular weight is 572 g/mol. The van der Waals surface area contributed by atoms with Gasteiger partial charge in [-0.2, -0.15) is 0 Å². The highest BCUT2D eigenvalue weighted by molar-refractivity contribution is 7.92. The summed E-state index contributed by atoms with van der Waals surface area (Å²) < 4.78 is 33.9. The van der Waals surface area contributed by atoms with Crippen LogP contribution in [0.15, 0.2) is 77.7 Å². The number of anilines is 1. The Labute approximate surface area is 235 Å². The van der Waals surface area contributed by atoms with Crippen molar-refractivity contribution in [3.63, 3.8) is 0 Å². The van der Waals surface area contributed by atoms with Gasteiger partial charge < -0.3 is 15.0 Å². The van der Waals surface area contributed by atoms with Crippen LogP contribution in [0.3, 0.4) is 0 Å². The number of benzene rings is 3. The van der Waals surface area contributed by atoms with Gasteiger partial charge in [-0.15, -0.1) is 0 Å². The summed E-state index contributed by atoms with van der Waals surface area (Å²) in [5.41, 5.74) is 1.93. The molecule has 0 spiro atoms. The van der Waals surface area contributed by atoms with Crippen molar-refractivity contribution in [2.45, 2.75) is 51.2 Å². The number of nitrogens with one attached hydrogen (secondary N) is 1. The Hall–Kier alpha value is -3.56. The molecule has 0 aromatic heterocycles. The maximum atomic E-state index is 13.9. The summed E-state index contributed by atoms with van der Waals surface area (Å²) in [6, 6.07) is 18.8. The number of aryl methyl sites for hydroxylation is 1. The van der Waals surface area contributed by atoms with Crippen molar-refractivity contribution in [3.05, 3.63) is 88.9 Å². The van der Waals surface area contributed by atoms with E-state index in [-0.39, 0.29) is 23.4 Å². The minimum atomic E-state index is -4.15. The predicted octanol–water partition coefficient (Wildman–Crippen LogP) is 4.79. The zero-order valence-corrected chi connectivity index (χ0v) is 24.3. The molecule has 0 aliphatic rings. The number of carbonyl (C=O) groups is 2. The Kier molecular flexibility index (Phi) is 9.99. The molecule has 0 radical (unpaired) electrons. The molecule has 39 heavy (non-hydrogen) atoms. The molecule has 0 heterocycles. The molecule has 0 saturated carbocycles. The Morgan fingerprint density at radius 3 is 2.18 bits per heavy atom. The second-order valence-electron chi connectivity index (χ2n) is 9.51. The van der Waals surface area contributed by atoms with Crippen molar-refractivity contribution in [3.8, 4) is 5.75 Å². The number of nitrogens with zero attached hydrogens (tertiary/aromatic N) is 2. The standard InChI is InChI=1S/C29H34ClN3O5S/c1-20(2)31-29(35)22(4)32(18-23-9-13-26(38-5)14-10-23)28(34)19-33(25-8-6-7-21(3)17-25)39(36,37)27-15-11-24(30)12-16-27/h6-17,20,22H,18-19H2,1-5H3,(H,31,35)/t22-/m1/s1. The first-order valence-corrected chi connectivity index (χ1v) is 14.3. The fourth-order valence-electron chi connectivity index (χ4n) is 3.96. The molecule has 3 aromatic carbocycles. The lowest BCUT2D eigenvalue weighted by Gasteiger charge is -2.32. The number of halogens is 1. The highest BCUT2D eigenvalue weighted by Gasteiger charge is 2.32. The van der Waals surface area contributed by atoms with E-state index < -0.39 is 28.5 Å². The fraction of sp³-hybridized carbons (Fsp3) is 0.310. The molecule has 0 saturated heterocycles. The lowest BCUT2D eigenvalue weighted by Crippen LogP contribution is -2.52. The summed E-state index contributed by atoms with van der Waals surface area (Å²) in [4.78, 5) is 28.3. The Morgan fingerprint density at radius 1 is 0.974 bits per heavy atom. The second-order valence-corrected chi connectivity index (χ2v) is 11.8. The molecule has 0 aliphatic heterocycles. The third-order valence-electron chi connectivity index (χ3n) is 6.08. The monoisotopic (exact) mass is 571 g/mol. The van der Waals surface area contributed by atoms with Crippen molar-refractivity contribution in [1.29, 1.82) is 0 Å². The van der Waals surface area contributed by atoms with E-state index in [0.717, 1.165) is 15.4 Å². The van der Waals surface area contributed by atoms with Crippen LogP contribution in [0, 0.1) is 6.92 Å². The van der Waals surface area contributed by atoms with Gasteiger partial charge in [0.15, 0.2) is 0 Å². The van der Waals surface area contributed by atoms with E-state index in [9.17, 15) is 18.0 Å². The van der Waals surface area contributed by atoms with E-state index >= 15 is 0 Å². The van der Waals surface area contributed by atoms with E-state index in [4.69, 9.17) is 16.3 Å². The number of carbonyl (C=O) groups excluding carboxylic acids is 2. The van der Waals surface area contributed by atoms with Crippen molar-refractivity contribution in [2.75, 3.05) is 18.0 Å². The summed E-state index contributed by atoms with van der Waals surface area (Å²) >= 11 is 5.99. The first kappa shape index (κ1) is 30.0. The largest absolute Gasteiger partial charge is 0.497 e. The van der Waals surface area contributed by atoms with Crippen LogP contribution in [0.25, 0.3) is 0 Å². The van der Waals surface area contributed by atoms with Crippen LogP contribution < -0.4 is 14.4 Å². The number of ether oxygens (including phenoxy) is 1. The van der Waals surface area contributed by atoms with E-state index in [1.54, 1.807) is 56.5 Å². The summed E-state index contributed by atoms with van der Waals surface area (Å²) in [6.45, 7) is 6.72. The van der Waals surface area contributed by atoms with Crippen molar-refractivity contribution in [1.82, 2.24) is 10.2 Å². The molecule has 3 aromatic rings. The highest BCUT2D eigenvalue weighted by Crippen LogP contribution is 2.26.